The second kappa shape index (κ2) is 6.67. The normalized spacial score (nSPS) is 34.6. The van der Waals surface area contributed by atoms with E-state index in [1.54, 1.807) is 0 Å². The van der Waals surface area contributed by atoms with Crippen LogP contribution in [0.3, 0.4) is 0 Å². The molecular weight excluding hydrogens is 280 g/mol. The molecule has 2 fully saturated rings. The van der Waals surface area contributed by atoms with E-state index < -0.39 is 18.1 Å². The molecule has 3 N–H and O–H groups in total. The molecule has 4 atom stereocenters. The van der Waals surface area contributed by atoms with Crippen LogP contribution in [0.25, 0.3) is 0 Å². The largest absolute Gasteiger partial charge is 0.480 e. The molecule has 114 valence electrons. The second-order valence-corrected chi connectivity index (χ2v) is 6.80. The predicted octanol–water partition coefficient (Wildman–Crippen LogP) is 1.24. The van der Waals surface area contributed by atoms with E-state index in [2.05, 4.69) is 5.32 Å². The van der Waals surface area contributed by atoms with Gasteiger partial charge in [-0.3, -0.25) is 4.90 Å². The Bertz CT molecular complexity index is 379. The number of nitrogens with zero attached hydrogens (tertiary/aromatic N) is 1. The summed E-state index contributed by atoms with van der Waals surface area (Å²) >= 11 is 1.46. The maximum atomic E-state index is 12.3. The number of hydrogen-bond donors (Lipinski definition) is 3. The highest BCUT2D eigenvalue weighted by molar-refractivity contribution is 8.00. The van der Waals surface area contributed by atoms with Crippen LogP contribution in [0.1, 0.15) is 39.0 Å². The molecule has 1 saturated heterocycles. The number of rotatable bonds is 2. The molecule has 4 unspecified atom stereocenters. The summed E-state index contributed by atoms with van der Waals surface area (Å²) < 4.78 is 0. The number of carboxylic acids is 1. The molecule has 0 aromatic carbocycles. The van der Waals surface area contributed by atoms with Crippen molar-refractivity contribution in [2.75, 3.05) is 5.75 Å². The van der Waals surface area contributed by atoms with Crippen molar-refractivity contribution in [3.63, 3.8) is 0 Å². The van der Waals surface area contributed by atoms with Gasteiger partial charge >= 0.3 is 12.0 Å². The van der Waals surface area contributed by atoms with Crippen LogP contribution in [0.2, 0.25) is 0 Å². The fourth-order valence-corrected chi connectivity index (χ4v) is 4.00. The van der Waals surface area contributed by atoms with Gasteiger partial charge in [0.25, 0.3) is 0 Å². The fraction of sp³-hybridized carbons (Fsp3) is 0.846. The third-order valence-electron chi connectivity index (χ3n) is 4.03. The number of aliphatic hydroxyl groups is 1. The first-order valence-electron chi connectivity index (χ1n) is 7.12. The lowest BCUT2D eigenvalue weighted by atomic mass is 10.1. The van der Waals surface area contributed by atoms with Gasteiger partial charge < -0.3 is 15.5 Å². The number of carbonyl (C=O) groups excluding carboxylic acids is 1. The first-order chi connectivity index (χ1) is 9.50. The molecule has 1 aliphatic carbocycles. The smallest absolute Gasteiger partial charge is 0.327 e. The molecule has 2 amide bonds. The van der Waals surface area contributed by atoms with Crippen LogP contribution in [0.4, 0.5) is 4.79 Å². The third kappa shape index (κ3) is 3.38. The Morgan fingerprint density at radius 2 is 1.95 bits per heavy atom. The highest BCUT2D eigenvalue weighted by atomic mass is 32.2. The number of aliphatic carboxylic acids is 1. The summed E-state index contributed by atoms with van der Waals surface area (Å²) in [6.07, 6.45) is 3.93. The number of amides is 2. The van der Waals surface area contributed by atoms with Crippen molar-refractivity contribution < 1.29 is 19.8 Å². The minimum absolute atomic E-state index is 0.154. The maximum absolute atomic E-state index is 12.3. The van der Waals surface area contributed by atoms with Gasteiger partial charge in [0.05, 0.1) is 17.5 Å². The molecule has 1 aliphatic heterocycles. The van der Waals surface area contributed by atoms with E-state index in [-0.39, 0.29) is 17.4 Å². The Balaban J connectivity index is 2.00. The lowest BCUT2D eigenvalue weighted by Crippen LogP contribution is -2.54. The van der Waals surface area contributed by atoms with Gasteiger partial charge in [0, 0.05) is 5.75 Å². The first-order valence-corrected chi connectivity index (χ1v) is 8.17. The van der Waals surface area contributed by atoms with Gasteiger partial charge in [-0.05, 0) is 19.8 Å². The Morgan fingerprint density at radius 1 is 1.25 bits per heavy atom. The number of aliphatic hydroxyl groups excluding tert-OH is 1. The van der Waals surface area contributed by atoms with Crippen molar-refractivity contribution in [3.8, 4) is 0 Å². The first kappa shape index (κ1) is 15.4. The lowest BCUT2D eigenvalue weighted by Gasteiger charge is -2.29. The molecule has 2 rings (SSSR count). The highest BCUT2D eigenvalue weighted by Gasteiger charge is 2.40. The summed E-state index contributed by atoms with van der Waals surface area (Å²) in [6.45, 7) is 1.83. The van der Waals surface area contributed by atoms with Crippen LogP contribution in [-0.4, -0.2) is 56.4 Å². The molecule has 0 aromatic rings. The summed E-state index contributed by atoms with van der Waals surface area (Å²) in [5, 5.41) is 21.9. The van der Waals surface area contributed by atoms with Crippen molar-refractivity contribution in [3.05, 3.63) is 0 Å². The van der Waals surface area contributed by atoms with Gasteiger partial charge in [-0.2, -0.15) is 0 Å². The van der Waals surface area contributed by atoms with Crippen LogP contribution in [0, 0.1) is 0 Å². The zero-order valence-corrected chi connectivity index (χ0v) is 12.4. The van der Waals surface area contributed by atoms with Crippen molar-refractivity contribution in [2.24, 2.45) is 0 Å². The summed E-state index contributed by atoms with van der Waals surface area (Å²) in [5.41, 5.74) is 0. The predicted molar refractivity (Wildman–Crippen MR) is 76.6 cm³/mol. The van der Waals surface area contributed by atoms with E-state index >= 15 is 0 Å². The standard InChI is InChI=1S/C13H22N2O4S/c1-8-15(10(7-20-8)12(17)18)13(19)14-9-5-3-2-4-6-11(9)16/h8-11,16H,2-7H2,1H3,(H,14,19)(H,17,18). The second-order valence-electron chi connectivity index (χ2n) is 5.46. The van der Waals surface area contributed by atoms with Crippen LogP contribution < -0.4 is 5.32 Å². The van der Waals surface area contributed by atoms with E-state index in [1.165, 1.54) is 16.7 Å². The lowest BCUT2D eigenvalue weighted by molar-refractivity contribution is -0.141. The van der Waals surface area contributed by atoms with Crippen molar-refractivity contribution >= 4 is 23.8 Å². The van der Waals surface area contributed by atoms with E-state index in [4.69, 9.17) is 5.11 Å². The van der Waals surface area contributed by atoms with E-state index in [0.717, 1.165) is 25.7 Å². The van der Waals surface area contributed by atoms with E-state index in [1.807, 2.05) is 6.92 Å². The molecule has 0 spiro atoms. The van der Waals surface area contributed by atoms with Gasteiger partial charge in [-0.1, -0.05) is 19.3 Å². The Morgan fingerprint density at radius 3 is 2.65 bits per heavy atom. The quantitative estimate of drug-likeness (QED) is 0.668. The molecule has 6 nitrogen and oxygen atoms in total. The number of urea groups is 1. The monoisotopic (exact) mass is 302 g/mol. The zero-order valence-electron chi connectivity index (χ0n) is 11.6. The van der Waals surface area contributed by atoms with Crippen molar-refractivity contribution in [1.29, 1.82) is 0 Å². The molecule has 7 heteroatoms. The average molecular weight is 302 g/mol. The number of carboxylic acid groups (broad SMARTS) is 1. The molecule has 1 saturated carbocycles. The third-order valence-corrected chi connectivity index (χ3v) is 5.25. The van der Waals surface area contributed by atoms with Gasteiger partial charge in [0.2, 0.25) is 0 Å². The minimum Gasteiger partial charge on any atom is -0.480 e. The van der Waals surface area contributed by atoms with Gasteiger partial charge in [-0.25, -0.2) is 9.59 Å². The van der Waals surface area contributed by atoms with E-state index in [0.29, 0.717) is 12.2 Å². The molecule has 0 bridgehead atoms. The number of nitrogens with one attached hydrogen (secondary N) is 1. The number of thioether (sulfide) groups is 1. The SMILES string of the molecule is CC1SCC(C(=O)O)N1C(=O)NC1CCCCCC1O. The van der Waals surface area contributed by atoms with Crippen LogP contribution in [0.15, 0.2) is 0 Å². The van der Waals surface area contributed by atoms with Gasteiger partial charge in [0.15, 0.2) is 0 Å². The summed E-state index contributed by atoms with van der Waals surface area (Å²) in [6, 6.07) is -1.42. The topological polar surface area (TPSA) is 89.9 Å². The fourth-order valence-electron chi connectivity index (χ4n) is 2.83. The number of carbonyl (C=O) groups is 2. The molecule has 2 aliphatic rings. The maximum Gasteiger partial charge on any atom is 0.327 e. The van der Waals surface area contributed by atoms with Crippen LogP contribution in [0.5, 0.6) is 0 Å². The zero-order chi connectivity index (χ0) is 14.7. The van der Waals surface area contributed by atoms with Crippen molar-refractivity contribution in [2.45, 2.75) is 62.6 Å². The number of hydrogen-bond acceptors (Lipinski definition) is 4. The van der Waals surface area contributed by atoms with Gasteiger partial charge in [0.1, 0.15) is 6.04 Å². The molecule has 1 heterocycles. The molecular formula is C13H22N2O4S. The Hall–Kier alpha value is -0.950. The summed E-state index contributed by atoms with van der Waals surface area (Å²) in [7, 11) is 0. The van der Waals surface area contributed by atoms with Gasteiger partial charge in [-0.15, -0.1) is 11.8 Å². The molecule has 0 aromatic heterocycles. The molecule has 20 heavy (non-hydrogen) atoms. The molecule has 0 radical (unpaired) electrons. The summed E-state index contributed by atoms with van der Waals surface area (Å²) in [4.78, 5) is 24.9. The van der Waals surface area contributed by atoms with Crippen LogP contribution in [-0.2, 0) is 4.79 Å². The van der Waals surface area contributed by atoms with E-state index in [9.17, 15) is 14.7 Å². The van der Waals surface area contributed by atoms with Crippen molar-refractivity contribution in [1.82, 2.24) is 10.2 Å². The highest BCUT2D eigenvalue weighted by Crippen LogP contribution is 2.29. The summed E-state index contributed by atoms with van der Waals surface area (Å²) in [5.74, 6) is -0.560. The Kier molecular flexibility index (Phi) is 5.15. The van der Waals surface area contributed by atoms with Crippen LogP contribution >= 0.6 is 11.8 Å². The average Bonchev–Trinajstić information content (AvgIpc) is 2.67. The minimum atomic E-state index is -0.974. The Labute approximate surface area is 122 Å².